The first kappa shape index (κ1) is 28.7. The molecular formula is C31H30ClF2N7O2. The summed E-state index contributed by atoms with van der Waals surface area (Å²) in [4.78, 5) is 33.3. The molecule has 6 rings (SSSR count). The minimum Gasteiger partial charge on any atom is -0.330 e. The van der Waals surface area contributed by atoms with Gasteiger partial charge in [-0.15, -0.1) is 0 Å². The number of hydrogen-bond acceptors (Lipinski definition) is 5. The monoisotopic (exact) mass is 605 g/mol. The molecule has 3 aromatic heterocycles. The van der Waals surface area contributed by atoms with Crippen LogP contribution in [0, 0.1) is 5.92 Å². The van der Waals surface area contributed by atoms with E-state index in [1.54, 1.807) is 41.4 Å². The Bertz CT molecular complexity index is 1730. The van der Waals surface area contributed by atoms with Gasteiger partial charge in [0.05, 0.1) is 35.5 Å². The summed E-state index contributed by atoms with van der Waals surface area (Å²) in [5.74, 6) is -0.468. The van der Waals surface area contributed by atoms with Crippen molar-refractivity contribution in [1.82, 2.24) is 29.4 Å². The van der Waals surface area contributed by atoms with Crippen molar-refractivity contribution in [3.8, 4) is 22.4 Å². The third kappa shape index (κ3) is 5.69. The summed E-state index contributed by atoms with van der Waals surface area (Å²) in [7, 11) is 1.82. The van der Waals surface area contributed by atoms with Gasteiger partial charge in [-0.1, -0.05) is 31.0 Å². The van der Waals surface area contributed by atoms with Crippen molar-refractivity contribution in [3.63, 3.8) is 0 Å². The number of alkyl halides is 2. The maximum atomic E-state index is 13.8. The Labute approximate surface area is 252 Å². The topological polar surface area (TPSA) is 97.9 Å². The molecule has 0 spiro atoms. The van der Waals surface area contributed by atoms with Crippen molar-refractivity contribution in [3.05, 3.63) is 77.5 Å². The Morgan fingerprint density at radius 2 is 1.88 bits per heavy atom. The first-order valence-corrected chi connectivity index (χ1v) is 14.5. The molecule has 2 atom stereocenters. The maximum Gasteiger partial charge on any atom is 0.333 e. The molecule has 2 bridgehead atoms. The van der Waals surface area contributed by atoms with Gasteiger partial charge in [-0.3, -0.25) is 19.3 Å². The third-order valence-corrected chi connectivity index (χ3v) is 8.41. The molecule has 4 aromatic rings. The predicted molar refractivity (Wildman–Crippen MR) is 159 cm³/mol. The standard InChI is InChI=1S/C31H30ClF2N7O2/c1-18-4-3-5-27(25-12-20(8-10-35-25)29-26(38-30(18)43)16-36-39(29)2)40-11-9-19(13-28(40)42)24-14-22(32)6-7-23(24)21-15-37-41(17-21)31(33)34/h6-8,10,12-18,27,31H,3-5,9,11H2,1-2H3,(H,38,43). The average Bonchev–Trinajstić information content (AvgIpc) is 3.62. The van der Waals surface area contributed by atoms with Gasteiger partial charge in [-0.25, -0.2) is 4.68 Å². The Morgan fingerprint density at radius 3 is 2.65 bits per heavy atom. The van der Waals surface area contributed by atoms with Crippen LogP contribution < -0.4 is 5.32 Å². The highest BCUT2D eigenvalue weighted by atomic mass is 35.5. The molecular weight excluding hydrogens is 576 g/mol. The van der Waals surface area contributed by atoms with Crippen LogP contribution in [0.2, 0.25) is 5.02 Å². The summed E-state index contributed by atoms with van der Waals surface area (Å²) in [6, 6.07) is 8.73. The zero-order chi connectivity index (χ0) is 30.2. The first-order valence-electron chi connectivity index (χ1n) is 14.1. The summed E-state index contributed by atoms with van der Waals surface area (Å²) >= 11 is 6.35. The highest BCUT2D eigenvalue weighted by molar-refractivity contribution is 6.31. The summed E-state index contributed by atoms with van der Waals surface area (Å²) in [5, 5.41) is 11.6. The molecule has 1 N–H and O–H groups in total. The summed E-state index contributed by atoms with van der Waals surface area (Å²) < 4.78 is 28.7. The van der Waals surface area contributed by atoms with Crippen LogP contribution in [-0.2, 0) is 16.6 Å². The number of carbonyl (C=O) groups excluding carboxylic acids is 2. The molecule has 0 saturated heterocycles. The van der Waals surface area contributed by atoms with Crippen molar-refractivity contribution in [2.75, 3.05) is 11.9 Å². The molecule has 222 valence electrons. The number of carbonyl (C=O) groups is 2. The molecule has 12 heteroatoms. The molecule has 2 amide bonds. The number of aromatic nitrogens is 5. The summed E-state index contributed by atoms with van der Waals surface area (Å²) in [5.41, 5.74) is 5.65. The van der Waals surface area contributed by atoms with Gasteiger partial charge in [0.15, 0.2) is 0 Å². The molecule has 0 aliphatic carbocycles. The van der Waals surface area contributed by atoms with E-state index in [-0.39, 0.29) is 23.8 Å². The van der Waals surface area contributed by atoms with Crippen LogP contribution >= 0.6 is 11.6 Å². The van der Waals surface area contributed by atoms with Crippen LogP contribution in [-0.4, -0.2) is 47.8 Å². The lowest BCUT2D eigenvalue weighted by Crippen LogP contribution is -2.38. The van der Waals surface area contributed by atoms with Crippen molar-refractivity contribution in [2.45, 2.75) is 45.2 Å². The zero-order valence-electron chi connectivity index (χ0n) is 23.7. The molecule has 2 aliphatic heterocycles. The second kappa shape index (κ2) is 11.7. The summed E-state index contributed by atoms with van der Waals surface area (Å²) in [6.07, 6.45) is 10.2. The molecule has 5 heterocycles. The number of anilines is 1. The van der Waals surface area contributed by atoms with Gasteiger partial charge in [-0.05, 0) is 60.2 Å². The molecule has 2 aliphatic rings. The lowest BCUT2D eigenvalue weighted by molar-refractivity contribution is -0.129. The maximum absolute atomic E-state index is 13.8. The van der Waals surface area contributed by atoms with Crippen molar-refractivity contribution >= 4 is 34.7 Å². The van der Waals surface area contributed by atoms with E-state index in [0.29, 0.717) is 57.9 Å². The van der Waals surface area contributed by atoms with E-state index in [1.807, 2.05) is 31.0 Å². The van der Waals surface area contributed by atoms with Crippen molar-refractivity contribution in [1.29, 1.82) is 0 Å². The average molecular weight is 606 g/mol. The van der Waals surface area contributed by atoms with Gasteiger partial charge in [0.1, 0.15) is 0 Å². The lowest BCUT2D eigenvalue weighted by atomic mass is 9.90. The fourth-order valence-electron chi connectivity index (χ4n) is 5.91. The SMILES string of the molecule is CC1CCCC(N2CCC(c3cc(Cl)ccc3-c3cnn(C(F)F)c3)=CC2=O)c2cc(ccn2)-c2c(cnn2C)NC1=O. The van der Waals surface area contributed by atoms with E-state index in [4.69, 9.17) is 11.6 Å². The number of fused-ring (bicyclic) bond motifs is 4. The number of amides is 2. The second-order valence-electron chi connectivity index (χ2n) is 11.0. The van der Waals surface area contributed by atoms with Gasteiger partial charge in [0.2, 0.25) is 11.8 Å². The van der Waals surface area contributed by atoms with E-state index in [1.165, 1.54) is 12.4 Å². The third-order valence-electron chi connectivity index (χ3n) is 8.17. The predicted octanol–water partition coefficient (Wildman–Crippen LogP) is 6.51. The van der Waals surface area contributed by atoms with Gasteiger partial charge < -0.3 is 10.2 Å². The number of halogens is 3. The van der Waals surface area contributed by atoms with Gasteiger partial charge in [-0.2, -0.15) is 19.0 Å². The molecule has 0 radical (unpaired) electrons. The highest BCUT2D eigenvalue weighted by Crippen LogP contribution is 2.38. The Morgan fingerprint density at radius 1 is 1.05 bits per heavy atom. The smallest absolute Gasteiger partial charge is 0.330 e. The number of aryl methyl sites for hydroxylation is 1. The van der Waals surface area contributed by atoms with E-state index in [0.717, 1.165) is 28.9 Å². The number of rotatable bonds is 4. The largest absolute Gasteiger partial charge is 0.333 e. The number of nitrogens with one attached hydrogen (secondary N) is 1. The molecule has 2 unspecified atom stereocenters. The van der Waals surface area contributed by atoms with Gasteiger partial charge in [0, 0.05) is 54.1 Å². The van der Waals surface area contributed by atoms with E-state index in [9.17, 15) is 18.4 Å². The Hall–Kier alpha value is -4.38. The zero-order valence-corrected chi connectivity index (χ0v) is 24.4. The second-order valence-corrected chi connectivity index (χ2v) is 11.4. The first-order chi connectivity index (χ1) is 20.7. The fraction of sp³-hybridized carbons (Fsp3) is 0.323. The fourth-order valence-corrected chi connectivity index (χ4v) is 6.08. The van der Waals surface area contributed by atoms with Crippen molar-refractivity contribution < 1.29 is 18.4 Å². The van der Waals surface area contributed by atoms with Crippen LogP contribution in [0.25, 0.3) is 28.0 Å². The number of benzene rings is 1. The highest BCUT2D eigenvalue weighted by Gasteiger charge is 2.31. The molecule has 9 nitrogen and oxygen atoms in total. The summed E-state index contributed by atoms with van der Waals surface area (Å²) in [6.45, 7) is -0.428. The molecule has 0 saturated carbocycles. The lowest BCUT2D eigenvalue weighted by Gasteiger charge is -2.35. The molecule has 43 heavy (non-hydrogen) atoms. The van der Waals surface area contributed by atoms with Crippen LogP contribution in [0.15, 0.2) is 61.2 Å². The minimum absolute atomic E-state index is 0.0707. The molecule has 0 fully saturated rings. The van der Waals surface area contributed by atoms with E-state index < -0.39 is 6.55 Å². The van der Waals surface area contributed by atoms with Crippen LogP contribution in [0.5, 0.6) is 0 Å². The number of nitrogens with zero attached hydrogens (tertiary/aromatic N) is 6. The number of pyridine rings is 1. The number of hydrogen-bond donors (Lipinski definition) is 1. The van der Waals surface area contributed by atoms with Gasteiger partial charge in [0.25, 0.3) is 0 Å². The van der Waals surface area contributed by atoms with Crippen LogP contribution in [0.3, 0.4) is 0 Å². The Balaban J connectivity index is 1.35. The normalized spacial score (nSPS) is 19.4. The minimum atomic E-state index is -2.76. The van der Waals surface area contributed by atoms with Crippen LogP contribution in [0.1, 0.15) is 56.5 Å². The van der Waals surface area contributed by atoms with Crippen molar-refractivity contribution in [2.24, 2.45) is 13.0 Å². The van der Waals surface area contributed by atoms with Crippen LogP contribution in [0.4, 0.5) is 14.5 Å². The van der Waals surface area contributed by atoms with E-state index >= 15 is 0 Å². The van der Waals surface area contributed by atoms with E-state index in [2.05, 4.69) is 20.5 Å². The Kier molecular flexibility index (Phi) is 7.83. The molecule has 1 aromatic carbocycles. The van der Waals surface area contributed by atoms with Gasteiger partial charge >= 0.3 is 6.55 Å². The quantitative estimate of drug-likeness (QED) is 0.286.